The molecule has 0 aliphatic heterocycles. The van der Waals surface area contributed by atoms with Crippen LogP contribution in [0.4, 0.5) is 5.69 Å². The zero-order chi connectivity index (χ0) is 14.5. The van der Waals surface area contributed by atoms with Gasteiger partial charge in [-0.1, -0.05) is 28.1 Å². The number of hydrogen-bond donors (Lipinski definition) is 1. The van der Waals surface area contributed by atoms with Crippen molar-refractivity contribution < 1.29 is 14.2 Å². The van der Waals surface area contributed by atoms with Gasteiger partial charge < -0.3 is 5.32 Å². The van der Waals surface area contributed by atoms with Gasteiger partial charge in [0.15, 0.2) is 12.4 Å². The average molecular weight is 334 g/mol. The van der Waals surface area contributed by atoms with E-state index in [4.69, 9.17) is 0 Å². The van der Waals surface area contributed by atoms with E-state index in [1.165, 1.54) is 6.92 Å². The summed E-state index contributed by atoms with van der Waals surface area (Å²) in [6.45, 7) is 1.72. The molecule has 0 saturated carbocycles. The maximum Gasteiger partial charge on any atom is 0.227 e. The fraction of sp³-hybridized carbons (Fsp3) is 0.133. The van der Waals surface area contributed by atoms with E-state index in [-0.39, 0.29) is 18.2 Å². The Balaban J connectivity index is 2.04. The van der Waals surface area contributed by atoms with Crippen LogP contribution in [0.2, 0.25) is 0 Å². The number of ketones is 1. The molecule has 0 spiro atoms. The number of halogens is 1. The maximum atomic E-state index is 12.1. The van der Waals surface area contributed by atoms with Crippen LogP contribution in [-0.4, -0.2) is 11.7 Å². The number of pyridine rings is 1. The molecule has 0 fully saturated rings. The first kappa shape index (κ1) is 14.4. The molecule has 2 rings (SSSR count). The minimum atomic E-state index is -0.117. The van der Waals surface area contributed by atoms with E-state index in [2.05, 4.69) is 21.2 Å². The Labute approximate surface area is 125 Å². The molecule has 0 saturated heterocycles. The first-order chi connectivity index (χ1) is 9.54. The summed E-state index contributed by atoms with van der Waals surface area (Å²) in [5.41, 5.74) is 1.39. The monoisotopic (exact) mass is 333 g/mol. The quantitative estimate of drug-likeness (QED) is 0.690. The summed E-state index contributed by atoms with van der Waals surface area (Å²) < 4.78 is 2.72. The number of benzene rings is 1. The molecule has 0 bridgehead atoms. The number of rotatable bonds is 4. The first-order valence-corrected chi connectivity index (χ1v) is 6.89. The van der Waals surface area contributed by atoms with Gasteiger partial charge in [-0.15, -0.1) is 0 Å². The summed E-state index contributed by atoms with van der Waals surface area (Å²) in [5.74, 6) is -0.0801. The second-order valence-corrected chi connectivity index (χ2v) is 5.29. The molecular formula is C15H14BrN2O2+. The lowest BCUT2D eigenvalue weighted by molar-refractivity contribution is -0.683. The number of carbonyl (C=O) groups excluding carboxylic acids is 2. The third-order valence-electron chi connectivity index (χ3n) is 2.70. The van der Waals surface area contributed by atoms with Crippen molar-refractivity contribution in [3.63, 3.8) is 0 Å². The van der Waals surface area contributed by atoms with Crippen LogP contribution in [0.25, 0.3) is 0 Å². The Morgan fingerprint density at radius 1 is 1.10 bits per heavy atom. The molecule has 0 aliphatic carbocycles. The molecule has 4 nitrogen and oxygen atoms in total. The van der Waals surface area contributed by atoms with E-state index in [1.807, 2.05) is 12.1 Å². The van der Waals surface area contributed by atoms with Gasteiger partial charge in [-0.2, -0.15) is 4.57 Å². The molecule has 1 N–H and O–H groups in total. The van der Waals surface area contributed by atoms with Crippen LogP contribution < -0.4 is 9.88 Å². The van der Waals surface area contributed by atoms with Crippen molar-refractivity contribution in [3.05, 3.63) is 58.8 Å². The summed E-state index contributed by atoms with van der Waals surface area (Å²) in [5, 5.41) is 2.68. The van der Waals surface area contributed by atoms with Crippen LogP contribution in [-0.2, 0) is 11.3 Å². The van der Waals surface area contributed by atoms with Crippen molar-refractivity contribution in [1.29, 1.82) is 0 Å². The number of aromatic nitrogens is 1. The van der Waals surface area contributed by atoms with Gasteiger partial charge in [0.1, 0.15) is 0 Å². The lowest BCUT2D eigenvalue weighted by Gasteiger charge is -2.01. The molecule has 1 heterocycles. The Hall–Kier alpha value is -2.01. The third kappa shape index (κ3) is 3.99. The van der Waals surface area contributed by atoms with Crippen molar-refractivity contribution in [2.45, 2.75) is 13.5 Å². The molecule has 1 aromatic carbocycles. The molecular weight excluding hydrogens is 320 g/mol. The van der Waals surface area contributed by atoms with Crippen LogP contribution >= 0.6 is 15.9 Å². The van der Waals surface area contributed by atoms with Gasteiger partial charge in [-0.05, 0) is 12.1 Å². The summed E-state index contributed by atoms with van der Waals surface area (Å²) in [7, 11) is 0. The van der Waals surface area contributed by atoms with Crippen molar-refractivity contribution in [3.8, 4) is 0 Å². The molecule has 0 atom stereocenters. The van der Waals surface area contributed by atoms with Gasteiger partial charge in [-0.3, -0.25) is 9.59 Å². The minimum Gasteiger partial charge on any atom is -0.326 e. The van der Waals surface area contributed by atoms with Crippen molar-refractivity contribution in [2.75, 3.05) is 5.32 Å². The fourth-order valence-corrected chi connectivity index (χ4v) is 2.01. The summed E-state index contributed by atoms with van der Waals surface area (Å²) >= 11 is 3.34. The van der Waals surface area contributed by atoms with Gasteiger partial charge in [0.25, 0.3) is 0 Å². The second kappa shape index (κ2) is 6.43. The fourth-order valence-electron chi connectivity index (χ4n) is 1.74. The highest BCUT2D eigenvalue weighted by Crippen LogP contribution is 2.11. The number of carbonyl (C=O) groups is 2. The van der Waals surface area contributed by atoms with E-state index in [0.717, 1.165) is 4.47 Å². The predicted octanol–water partition coefficient (Wildman–Crippen LogP) is 2.58. The smallest absolute Gasteiger partial charge is 0.227 e. The van der Waals surface area contributed by atoms with E-state index in [1.54, 1.807) is 41.2 Å². The first-order valence-electron chi connectivity index (χ1n) is 6.10. The van der Waals surface area contributed by atoms with Crippen LogP contribution in [0.1, 0.15) is 17.3 Å². The molecule has 1 amide bonds. The molecule has 20 heavy (non-hydrogen) atoms. The lowest BCUT2D eigenvalue weighted by Crippen LogP contribution is -2.37. The van der Waals surface area contributed by atoms with Crippen LogP contribution in [0.3, 0.4) is 0 Å². The van der Waals surface area contributed by atoms with Gasteiger partial charge in [0.2, 0.25) is 18.2 Å². The van der Waals surface area contributed by atoms with Crippen LogP contribution in [0, 0.1) is 0 Å². The average Bonchev–Trinajstić information content (AvgIpc) is 2.41. The van der Waals surface area contributed by atoms with Gasteiger partial charge in [-0.25, -0.2) is 0 Å². The van der Waals surface area contributed by atoms with Crippen molar-refractivity contribution in [1.82, 2.24) is 0 Å². The minimum absolute atomic E-state index is 0.0368. The Bertz CT molecular complexity index is 621. The molecule has 2 aromatic rings. The summed E-state index contributed by atoms with van der Waals surface area (Å²) in [4.78, 5) is 23.0. The topological polar surface area (TPSA) is 50.1 Å². The Kier molecular flexibility index (Phi) is 4.63. The standard InChI is InChI=1S/C15H13BrN2O2/c1-11(19)17-14-6-8-18(9-7-14)10-15(20)12-2-4-13(16)5-3-12/h2-9H,10H2,1H3/p+1. The maximum absolute atomic E-state index is 12.1. The third-order valence-corrected chi connectivity index (χ3v) is 3.23. The number of amides is 1. The van der Waals surface area contributed by atoms with Crippen molar-refractivity contribution >= 4 is 33.3 Å². The number of anilines is 1. The highest BCUT2D eigenvalue weighted by atomic mass is 79.9. The van der Waals surface area contributed by atoms with Crippen LogP contribution in [0.5, 0.6) is 0 Å². The Morgan fingerprint density at radius 3 is 2.25 bits per heavy atom. The number of hydrogen-bond acceptors (Lipinski definition) is 2. The van der Waals surface area contributed by atoms with Crippen molar-refractivity contribution in [2.24, 2.45) is 0 Å². The molecule has 0 aliphatic rings. The molecule has 102 valence electrons. The molecule has 1 aromatic heterocycles. The van der Waals surface area contributed by atoms with Gasteiger partial charge in [0, 0.05) is 29.1 Å². The van der Waals surface area contributed by atoms with E-state index >= 15 is 0 Å². The predicted molar refractivity (Wildman–Crippen MR) is 79.4 cm³/mol. The van der Waals surface area contributed by atoms with Crippen LogP contribution in [0.15, 0.2) is 53.3 Å². The second-order valence-electron chi connectivity index (χ2n) is 4.37. The molecule has 5 heteroatoms. The van der Waals surface area contributed by atoms with Gasteiger partial charge in [0.05, 0.1) is 5.69 Å². The number of nitrogens with zero attached hydrogens (tertiary/aromatic N) is 1. The zero-order valence-corrected chi connectivity index (χ0v) is 12.6. The van der Waals surface area contributed by atoms with E-state index in [9.17, 15) is 9.59 Å². The number of Topliss-reactive ketones (excluding diaryl/α,β-unsaturated/α-hetero) is 1. The summed E-state index contributed by atoms with van der Waals surface area (Å²) in [6.07, 6.45) is 3.53. The molecule has 0 radical (unpaired) electrons. The van der Waals surface area contributed by atoms with E-state index in [0.29, 0.717) is 11.3 Å². The van der Waals surface area contributed by atoms with Gasteiger partial charge >= 0.3 is 0 Å². The Morgan fingerprint density at radius 2 is 1.70 bits per heavy atom. The largest absolute Gasteiger partial charge is 0.326 e. The highest BCUT2D eigenvalue weighted by molar-refractivity contribution is 9.10. The summed E-state index contributed by atoms with van der Waals surface area (Å²) in [6, 6.07) is 10.8. The zero-order valence-electron chi connectivity index (χ0n) is 11.0. The lowest BCUT2D eigenvalue weighted by atomic mass is 10.1. The SMILES string of the molecule is CC(=O)Nc1cc[n+](CC(=O)c2ccc(Br)cc2)cc1. The normalized spacial score (nSPS) is 10.1. The number of nitrogens with one attached hydrogen (secondary N) is 1. The van der Waals surface area contributed by atoms with E-state index < -0.39 is 0 Å². The molecule has 0 unspecified atom stereocenters. The highest BCUT2D eigenvalue weighted by Gasteiger charge is 2.11.